The third-order valence-electron chi connectivity index (χ3n) is 5.34. The van der Waals surface area contributed by atoms with E-state index in [-0.39, 0.29) is 16.9 Å². The molecule has 1 heterocycles. The molecule has 170 valence electrons. The average Bonchev–Trinajstić information content (AvgIpc) is 2.79. The van der Waals surface area contributed by atoms with Crippen LogP contribution in [0.3, 0.4) is 0 Å². The molecule has 0 unspecified atom stereocenters. The molecule has 1 aliphatic rings. The van der Waals surface area contributed by atoms with E-state index < -0.39 is 35.7 Å². The molecule has 4 rings (SSSR count). The minimum Gasteiger partial charge on any atom is -0.457 e. The van der Waals surface area contributed by atoms with Gasteiger partial charge in [-0.05, 0) is 29.8 Å². The van der Waals surface area contributed by atoms with Gasteiger partial charge in [-0.3, -0.25) is 4.79 Å². The van der Waals surface area contributed by atoms with Crippen molar-refractivity contribution in [3.63, 3.8) is 0 Å². The second kappa shape index (κ2) is 8.59. The number of ketones is 1. The van der Waals surface area contributed by atoms with Gasteiger partial charge in [0.05, 0.1) is 6.04 Å². The second-order valence-corrected chi connectivity index (χ2v) is 7.54. The van der Waals surface area contributed by atoms with Crippen LogP contribution < -0.4 is 15.4 Å². The van der Waals surface area contributed by atoms with Crippen molar-refractivity contribution in [1.82, 2.24) is 10.6 Å². The fourth-order valence-corrected chi connectivity index (χ4v) is 3.79. The van der Waals surface area contributed by atoms with Crippen LogP contribution in [0, 0.1) is 5.92 Å². The molecule has 9 heteroatoms. The number of hydrogen-bond acceptors (Lipinski definition) is 4. The number of nitrogens with one attached hydrogen (secondary N) is 2. The number of ether oxygens (including phenoxy) is 1. The highest BCUT2D eigenvalue weighted by Gasteiger charge is 2.66. The van der Waals surface area contributed by atoms with E-state index in [1.807, 2.05) is 0 Å². The van der Waals surface area contributed by atoms with E-state index in [0.29, 0.717) is 5.75 Å². The molecule has 0 radical (unpaired) electrons. The Labute approximate surface area is 187 Å². The highest BCUT2D eigenvalue weighted by Crippen LogP contribution is 2.44. The SMILES string of the molecule is O=C1N[C@H](c2cccc(Oc3ccccc3)c2)[C@@H](C(=O)c2ccccc2)[C@](O)(C(F)(F)F)N1. The van der Waals surface area contributed by atoms with Crippen LogP contribution >= 0.6 is 0 Å². The van der Waals surface area contributed by atoms with Gasteiger partial charge >= 0.3 is 12.2 Å². The van der Waals surface area contributed by atoms with Crippen molar-refractivity contribution < 1.29 is 32.6 Å². The normalized spacial score (nSPS) is 22.7. The number of para-hydroxylation sites is 1. The molecule has 0 spiro atoms. The summed E-state index contributed by atoms with van der Waals surface area (Å²) >= 11 is 0. The molecule has 1 saturated heterocycles. The zero-order valence-corrected chi connectivity index (χ0v) is 17.0. The molecule has 6 nitrogen and oxygen atoms in total. The van der Waals surface area contributed by atoms with Crippen LogP contribution in [0.2, 0.25) is 0 Å². The number of benzene rings is 3. The first-order valence-electron chi connectivity index (χ1n) is 9.99. The first-order valence-corrected chi connectivity index (χ1v) is 9.99. The molecule has 3 aromatic rings. The Kier molecular flexibility index (Phi) is 5.82. The summed E-state index contributed by atoms with van der Waals surface area (Å²) < 4.78 is 47.8. The standard InChI is InChI=1S/C24H19F3N2O4/c25-24(26,27)23(32)19(21(30)15-8-3-1-4-9-15)20(28-22(31)29-23)16-10-7-13-18(14-16)33-17-11-5-2-6-12-17/h1-14,19-20,32H,(H2,28,29,31)/t19-,20+,23-/m0/s1. The van der Waals surface area contributed by atoms with E-state index in [1.165, 1.54) is 47.8 Å². The zero-order chi connectivity index (χ0) is 23.6. The number of halogens is 3. The lowest BCUT2D eigenvalue weighted by Crippen LogP contribution is -2.72. The van der Waals surface area contributed by atoms with Gasteiger partial charge in [-0.25, -0.2) is 4.79 Å². The number of Topliss-reactive ketones (excluding diaryl/α,β-unsaturated/α-hetero) is 1. The van der Waals surface area contributed by atoms with Crippen LogP contribution in [-0.4, -0.2) is 28.8 Å². The van der Waals surface area contributed by atoms with Crippen molar-refractivity contribution >= 4 is 11.8 Å². The summed E-state index contributed by atoms with van der Waals surface area (Å²) in [5.74, 6) is -2.31. The fraction of sp³-hybridized carbons (Fsp3) is 0.167. The summed E-state index contributed by atoms with van der Waals surface area (Å²) in [6, 6.07) is 19.2. The number of urea groups is 1. The number of aliphatic hydroxyl groups is 1. The average molecular weight is 456 g/mol. The van der Waals surface area contributed by atoms with Crippen molar-refractivity contribution in [2.24, 2.45) is 5.92 Å². The zero-order valence-electron chi connectivity index (χ0n) is 17.0. The van der Waals surface area contributed by atoms with E-state index in [9.17, 15) is 27.9 Å². The monoisotopic (exact) mass is 456 g/mol. The fourth-order valence-electron chi connectivity index (χ4n) is 3.79. The lowest BCUT2D eigenvalue weighted by atomic mass is 9.77. The molecule has 0 bridgehead atoms. The van der Waals surface area contributed by atoms with Gasteiger partial charge in [0, 0.05) is 5.56 Å². The molecule has 33 heavy (non-hydrogen) atoms. The van der Waals surface area contributed by atoms with Crippen LogP contribution in [0.15, 0.2) is 84.9 Å². The maximum atomic E-state index is 14.0. The van der Waals surface area contributed by atoms with Crippen molar-refractivity contribution in [2.45, 2.75) is 17.9 Å². The van der Waals surface area contributed by atoms with Crippen LogP contribution in [0.1, 0.15) is 22.0 Å². The van der Waals surface area contributed by atoms with E-state index in [2.05, 4.69) is 5.32 Å². The number of amides is 2. The summed E-state index contributed by atoms with van der Waals surface area (Å²) in [5.41, 5.74) is -3.66. The molecule has 3 N–H and O–H groups in total. The minimum atomic E-state index is -5.32. The molecule has 0 aliphatic carbocycles. The molecule has 3 atom stereocenters. The van der Waals surface area contributed by atoms with Gasteiger partial charge in [-0.15, -0.1) is 0 Å². The van der Waals surface area contributed by atoms with Crippen molar-refractivity contribution in [3.8, 4) is 11.5 Å². The quantitative estimate of drug-likeness (QED) is 0.491. The number of rotatable bonds is 5. The first-order chi connectivity index (χ1) is 15.7. The molecule has 1 aliphatic heterocycles. The number of carbonyl (C=O) groups excluding carboxylic acids is 2. The van der Waals surface area contributed by atoms with Gasteiger partial charge in [0.1, 0.15) is 17.4 Å². The summed E-state index contributed by atoms with van der Waals surface area (Å²) in [4.78, 5) is 25.4. The second-order valence-electron chi connectivity index (χ2n) is 7.54. The highest BCUT2D eigenvalue weighted by molar-refractivity contribution is 6.00. The third-order valence-corrected chi connectivity index (χ3v) is 5.34. The van der Waals surface area contributed by atoms with Crippen LogP contribution in [0.5, 0.6) is 11.5 Å². The van der Waals surface area contributed by atoms with E-state index >= 15 is 0 Å². The highest BCUT2D eigenvalue weighted by atomic mass is 19.4. The van der Waals surface area contributed by atoms with Gasteiger partial charge in [-0.1, -0.05) is 60.7 Å². The predicted molar refractivity (Wildman–Crippen MR) is 113 cm³/mol. The van der Waals surface area contributed by atoms with Gasteiger partial charge in [-0.2, -0.15) is 13.2 Å². The van der Waals surface area contributed by atoms with Crippen LogP contribution in [-0.2, 0) is 0 Å². The maximum Gasteiger partial charge on any atom is 0.437 e. The molecule has 0 aromatic heterocycles. The molecular formula is C24H19F3N2O4. The Morgan fingerprint density at radius 3 is 2.15 bits per heavy atom. The number of alkyl halides is 3. The summed E-state index contributed by atoms with van der Waals surface area (Å²) in [6.07, 6.45) is -5.32. The lowest BCUT2D eigenvalue weighted by Gasteiger charge is -2.45. The van der Waals surface area contributed by atoms with Gasteiger partial charge in [0.15, 0.2) is 5.78 Å². The first kappa shape index (κ1) is 22.3. The smallest absolute Gasteiger partial charge is 0.437 e. The van der Waals surface area contributed by atoms with E-state index in [1.54, 1.807) is 42.5 Å². The molecule has 1 fully saturated rings. The Morgan fingerprint density at radius 1 is 0.909 bits per heavy atom. The van der Waals surface area contributed by atoms with Crippen molar-refractivity contribution in [1.29, 1.82) is 0 Å². The van der Waals surface area contributed by atoms with E-state index in [0.717, 1.165) is 0 Å². The van der Waals surface area contributed by atoms with Gasteiger partial charge in [0.25, 0.3) is 0 Å². The van der Waals surface area contributed by atoms with Crippen molar-refractivity contribution in [2.75, 3.05) is 0 Å². The molecule has 2 amide bonds. The van der Waals surface area contributed by atoms with Crippen molar-refractivity contribution in [3.05, 3.63) is 96.1 Å². The third kappa shape index (κ3) is 4.40. The Morgan fingerprint density at radius 2 is 1.52 bits per heavy atom. The Bertz CT molecular complexity index is 1160. The largest absolute Gasteiger partial charge is 0.457 e. The lowest BCUT2D eigenvalue weighted by molar-refractivity contribution is -0.287. The predicted octanol–water partition coefficient (Wildman–Crippen LogP) is 4.58. The summed E-state index contributed by atoms with van der Waals surface area (Å²) in [5, 5.41) is 14.5. The van der Waals surface area contributed by atoms with Gasteiger partial charge < -0.3 is 20.5 Å². The number of hydrogen-bond donors (Lipinski definition) is 3. The molecule has 0 saturated carbocycles. The number of carbonyl (C=O) groups is 2. The summed E-state index contributed by atoms with van der Waals surface area (Å²) in [7, 11) is 0. The molecule has 3 aromatic carbocycles. The Hall–Kier alpha value is -3.85. The minimum absolute atomic E-state index is 0.0372. The van der Waals surface area contributed by atoms with E-state index in [4.69, 9.17) is 4.74 Å². The topological polar surface area (TPSA) is 87.7 Å². The molecular weight excluding hydrogens is 437 g/mol. The van der Waals surface area contributed by atoms with Crippen LogP contribution in [0.25, 0.3) is 0 Å². The maximum absolute atomic E-state index is 14.0. The van der Waals surface area contributed by atoms with Gasteiger partial charge in [0.2, 0.25) is 5.72 Å². The Balaban J connectivity index is 1.78. The summed E-state index contributed by atoms with van der Waals surface area (Å²) in [6.45, 7) is 0. The van der Waals surface area contributed by atoms with Crippen LogP contribution in [0.4, 0.5) is 18.0 Å².